The zero-order valence-corrected chi connectivity index (χ0v) is 11.0. The minimum atomic E-state index is -3.61. The largest absolute Gasteiger partial charge is 0.356 e. The molecule has 98 valence electrons. The Hall–Kier alpha value is -2.28. The zero-order chi connectivity index (χ0) is 13.5. The molecular formula is C12H12N4O2S. The molecule has 19 heavy (non-hydrogen) atoms. The molecule has 0 radical (unpaired) electrons. The maximum Gasteiger partial charge on any atom is 0.264 e. The molecule has 3 rings (SSSR count). The van der Waals surface area contributed by atoms with Crippen molar-refractivity contribution in [3.8, 4) is 0 Å². The second kappa shape index (κ2) is 4.13. The third kappa shape index (κ3) is 2.08. The number of sulfonamides is 1. The van der Waals surface area contributed by atoms with Crippen LogP contribution in [0.5, 0.6) is 0 Å². The lowest BCUT2D eigenvalue weighted by atomic mass is 10.2. The molecule has 0 fully saturated rings. The highest BCUT2D eigenvalue weighted by molar-refractivity contribution is 7.92. The van der Waals surface area contributed by atoms with Crippen LogP contribution in [0.25, 0.3) is 10.9 Å². The first-order valence-electron chi connectivity index (χ1n) is 5.64. The molecule has 0 saturated heterocycles. The minimum absolute atomic E-state index is 0.210. The van der Waals surface area contributed by atoms with E-state index in [2.05, 4.69) is 14.9 Å². The van der Waals surface area contributed by atoms with Crippen LogP contribution in [0, 0.1) is 0 Å². The van der Waals surface area contributed by atoms with Gasteiger partial charge in [-0.1, -0.05) is 12.1 Å². The summed E-state index contributed by atoms with van der Waals surface area (Å²) in [4.78, 5) is 0.210. The van der Waals surface area contributed by atoms with Crippen LogP contribution in [0.2, 0.25) is 0 Å². The van der Waals surface area contributed by atoms with Gasteiger partial charge in [-0.25, -0.2) is 8.42 Å². The Kier molecular flexibility index (Phi) is 2.56. The number of hydrogen-bond acceptors (Lipinski definition) is 3. The van der Waals surface area contributed by atoms with Crippen molar-refractivity contribution < 1.29 is 8.42 Å². The van der Waals surface area contributed by atoms with Crippen LogP contribution < -0.4 is 4.72 Å². The van der Waals surface area contributed by atoms with Gasteiger partial charge in [-0.2, -0.15) is 5.10 Å². The molecular weight excluding hydrogens is 264 g/mol. The van der Waals surface area contributed by atoms with E-state index >= 15 is 0 Å². The molecule has 0 amide bonds. The number of rotatable bonds is 3. The highest BCUT2D eigenvalue weighted by Gasteiger charge is 2.17. The number of benzene rings is 1. The lowest BCUT2D eigenvalue weighted by Crippen LogP contribution is -2.12. The summed E-state index contributed by atoms with van der Waals surface area (Å²) in [7, 11) is -1.84. The molecule has 7 heteroatoms. The summed E-state index contributed by atoms with van der Waals surface area (Å²) < 4.78 is 28.5. The fourth-order valence-corrected chi connectivity index (χ4v) is 2.94. The molecule has 0 spiro atoms. The third-order valence-electron chi connectivity index (χ3n) is 2.82. The number of nitrogens with one attached hydrogen (secondary N) is 2. The molecule has 6 nitrogen and oxygen atoms in total. The van der Waals surface area contributed by atoms with E-state index in [1.54, 1.807) is 17.8 Å². The molecule has 2 N–H and O–H groups in total. The van der Waals surface area contributed by atoms with E-state index in [9.17, 15) is 8.42 Å². The topological polar surface area (TPSA) is 79.8 Å². The van der Waals surface area contributed by atoms with Crippen molar-refractivity contribution in [2.45, 2.75) is 4.90 Å². The Balaban J connectivity index is 2.01. The fourth-order valence-electron chi connectivity index (χ4n) is 1.86. The first kappa shape index (κ1) is 11.8. The number of fused-ring (bicyclic) bond motifs is 1. The smallest absolute Gasteiger partial charge is 0.264 e. The van der Waals surface area contributed by atoms with Crippen molar-refractivity contribution in [3.05, 3.63) is 42.7 Å². The van der Waals surface area contributed by atoms with Crippen molar-refractivity contribution in [1.82, 2.24) is 14.8 Å². The normalized spacial score (nSPS) is 11.8. The maximum atomic E-state index is 12.2. The Morgan fingerprint density at radius 3 is 2.79 bits per heavy atom. The number of H-pyrrole nitrogens is 1. The summed E-state index contributed by atoms with van der Waals surface area (Å²) in [6.45, 7) is 0. The summed E-state index contributed by atoms with van der Waals surface area (Å²) in [5, 5.41) is 7.51. The van der Waals surface area contributed by atoms with Gasteiger partial charge >= 0.3 is 0 Å². The van der Waals surface area contributed by atoms with Crippen molar-refractivity contribution in [2.75, 3.05) is 4.72 Å². The molecule has 0 saturated carbocycles. The van der Waals surface area contributed by atoms with E-state index in [0.717, 1.165) is 10.9 Å². The van der Waals surface area contributed by atoms with Gasteiger partial charge in [0.05, 0.1) is 5.52 Å². The molecule has 0 unspecified atom stereocenters. The lowest BCUT2D eigenvalue weighted by Gasteiger charge is -2.03. The molecule has 0 bridgehead atoms. The molecule has 0 aliphatic carbocycles. The summed E-state index contributed by atoms with van der Waals surface area (Å²) in [6, 6.07) is 8.87. The van der Waals surface area contributed by atoms with Gasteiger partial charge in [0, 0.05) is 24.8 Å². The number of aryl methyl sites for hydroxylation is 1. The van der Waals surface area contributed by atoms with E-state index in [1.165, 1.54) is 12.3 Å². The molecule has 2 heterocycles. The van der Waals surface area contributed by atoms with Crippen LogP contribution in [0.15, 0.2) is 47.6 Å². The standard InChI is InChI=1S/C12H12N4O2S/c1-16-7-6-9(8-16)19(17,18)15-12-10-4-2-3-5-11(10)13-14-12/h2-8H,1H3,(H2,13,14,15). The molecule has 0 atom stereocenters. The number of aromatic amines is 1. The van der Waals surface area contributed by atoms with Gasteiger partial charge in [0.2, 0.25) is 0 Å². The molecule has 3 aromatic rings. The van der Waals surface area contributed by atoms with Gasteiger partial charge in [-0.15, -0.1) is 0 Å². The predicted molar refractivity (Wildman–Crippen MR) is 72.3 cm³/mol. The first-order chi connectivity index (χ1) is 9.06. The fraction of sp³-hybridized carbons (Fsp3) is 0.0833. The van der Waals surface area contributed by atoms with Crippen LogP contribution in [0.3, 0.4) is 0 Å². The van der Waals surface area contributed by atoms with E-state index in [4.69, 9.17) is 0 Å². The first-order valence-corrected chi connectivity index (χ1v) is 7.12. The van der Waals surface area contributed by atoms with Crippen LogP contribution >= 0.6 is 0 Å². The second-order valence-corrected chi connectivity index (χ2v) is 5.92. The Labute approximate surface area is 110 Å². The number of anilines is 1. The van der Waals surface area contributed by atoms with Crippen molar-refractivity contribution in [1.29, 1.82) is 0 Å². The van der Waals surface area contributed by atoms with E-state index in [0.29, 0.717) is 5.82 Å². The van der Waals surface area contributed by atoms with Crippen LogP contribution in [0.4, 0.5) is 5.82 Å². The zero-order valence-electron chi connectivity index (χ0n) is 10.2. The quantitative estimate of drug-likeness (QED) is 0.764. The maximum absolute atomic E-state index is 12.2. The molecule has 1 aromatic carbocycles. The number of aromatic nitrogens is 3. The van der Waals surface area contributed by atoms with Gasteiger partial charge in [0.25, 0.3) is 10.0 Å². The van der Waals surface area contributed by atoms with E-state index in [1.807, 2.05) is 24.3 Å². The lowest BCUT2D eigenvalue weighted by molar-refractivity contribution is 0.601. The van der Waals surface area contributed by atoms with Gasteiger partial charge < -0.3 is 4.57 Å². The van der Waals surface area contributed by atoms with Crippen molar-refractivity contribution >= 4 is 26.7 Å². The summed E-state index contributed by atoms with van der Waals surface area (Å²) in [5.41, 5.74) is 0.785. The number of nitrogens with zero attached hydrogens (tertiary/aromatic N) is 2. The van der Waals surface area contributed by atoms with Gasteiger partial charge in [0.1, 0.15) is 4.90 Å². The number of hydrogen-bond donors (Lipinski definition) is 2. The number of para-hydroxylation sites is 1. The average molecular weight is 276 g/mol. The average Bonchev–Trinajstić information content (AvgIpc) is 2.97. The highest BCUT2D eigenvalue weighted by Crippen LogP contribution is 2.22. The summed E-state index contributed by atoms with van der Waals surface area (Å²) in [5.74, 6) is 0.305. The van der Waals surface area contributed by atoms with E-state index < -0.39 is 10.0 Å². The Morgan fingerprint density at radius 1 is 1.26 bits per heavy atom. The second-order valence-electron chi connectivity index (χ2n) is 4.24. The Morgan fingerprint density at radius 2 is 2.05 bits per heavy atom. The van der Waals surface area contributed by atoms with Crippen molar-refractivity contribution in [2.24, 2.45) is 7.05 Å². The van der Waals surface area contributed by atoms with Crippen LogP contribution in [-0.2, 0) is 17.1 Å². The Bertz CT molecular complexity index is 832. The molecule has 0 aliphatic heterocycles. The van der Waals surface area contributed by atoms with Crippen LogP contribution in [-0.4, -0.2) is 23.2 Å². The summed E-state index contributed by atoms with van der Waals surface area (Å²) in [6.07, 6.45) is 3.22. The minimum Gasteiger partial charge on any atom is -0.356 e. The van der Waals surface area contributed by atoms with Gasteiger partial charge in [-0.05, 0) is 18.2 Å². The third-order valence-corrected chi connectivity index (χ3v) is 4.14. The van der Waals surface area contributed by atoms with E-state index in [-0.39, 0.29) is 4.90 Å². The van der Waals surface area contributed by atoms with Crippen LogP contribution in [0.1, 0.15) is 0 Å². The molecule has 2 aromatic heterocycles. The van der Waals surface area contributed by atoms with Crippen molar-refractivity contribution in [3.63, 3.8) is 0 Å². The highest BCUT2D eigenvalue weighted by atomic mass is 32.2. The van der Waals surface area contributed by atoms with Gasteiger partial charge in [0.15, 0.2) is 5.82 Å². The monoisotopic (exact) mass is 276 g/mol. The SMILES string of the molecule is Cn1ccc(S(=O)(=O)Nc2n[nH]c3ccccc23)c1. The molecule has 0 aliphatic rings. The van der Waals surface area contributed by atoms with Gasteiger partial charge in [-0.3, -0.25) is 9.82 Å². The predicted octanol–water partition coefficient (Wildman–Crippen LogP) is 1.70. The summed E-state index contributed by atoms with van der Waals surface area (Å²) >= 11 is 0.